The minimum absolute atomic E-state index is 0.128. The van der Waals surface area contributed by atoms with Crippen molar-refractivity contribution in [3.05, 3.63) is 29.8 Å². The summed E-state index contributed by atoms with van der Waals surface area (Å²) in [6.45, 7) is 1.39. The van der Waals surface area contributed by atoms with Crippen LogP contribution in [0, 0.1) is 0 Å². The fraction of sp³-hybridized carbons (Fsp3) is 0.462. The van der Waals surface area contributed by atoms with Crippen LogP contribution >= 0.6 is 0 Å². The second-order valence-corrected chi connectivity index (χ2v) is 4.55. The Labute approximate surface area is 100 Å². The second-order valence-electron chi connectivity index (χ2n) is 4.55. The number of carbonyl (C=O) groups excluding carboxylic acids is 1. The highest BCUT2D eigenvalue weighted by Crippen LogP contribution is 2.30. The molecule has 0 radical (unpaired) electrons. The summed E-state index contributed by atoms with van der Waals surface area (Å²) in [4.78, 5) is 13.7. The fourth-order valence-corrected chi connectivity index (χ4v) is 2.37. The number of ether oxygens (including phenoxy) is 2. The zero-order chi connectivity index (χ0) is 11.8. The van der Waals surface area contributed by atoms with Crippen molar-refractivity contribution in [1.82, 2.24) is 4.90 Å². The van der Waals surface area contributed by atoms with Crippen LogP contribution in [0.3, 0.4) is 0 Å². The quantitative estimate of drug-likeness (QED) is 0.787. The highest BCUT2D eigenvalue weighted by Gasteiger charge is 2.44. The number of nitrogens with zero attached hydrogens (tertiary/aromatic N) is 1. The van der Waals surface area contributed by atoms with E-state index in [2.05, 4.69) is 0 Å². The lowest BCUT2D eigenvalue weighted by Gasteiger charge is -2.46. The molecule has 1 aromatic carbocycles. The third-order valence-electron chi connectivity index (χ3n) is 3.38. The van der Waals surface area contributed by atoms with Gasteiger partial charge in [0.15, 0.2) is 0 Å². The van der Waals surface area contributed by atoms with Crippen LogP contribution in [0.4, 0.5) is 0 Å². The zero-order valence-corrected chi connectivity index (χ0v) is 9.76. The van der Waals surface area contributed by atoms with E-state index in [0.717, 1.165) is 24.3 Å². The highest BCUT2D eigenvalue weighted by atomic mass is 16.5. The first-order valence-corrected chi connectivity index (χ1v) is 5.83. The smallest absolute Gasteiger partial charge is 0.252 e. The van der Waals surface area contributed by atoms with Crippen LogP contribution in [0.15, 0.2) is 24.3 Å². The lowest BCUT2D eigenvalue weighted by Crippen LogP contribution is -2.60. The Balaban J connectivity index is 1.67. The third-order valence-corrected chi connectivity index (χ3v) is 3.38. The van der Waals surface area contributed by atoms with Gasteiger partial charge in [0.2, 0.25) is 0 Å². The maximum absolute atomic E-state index is 11.9. The van der Waals surface area contributed by atoms with Crippen molar-refractivity contribution >= 4 is 5.91 Å². The molecule has 3 fully saturated rings. The van der Waals surface area contributed by atoms with Crippen LogP contribution in [0.1, 0.15) is 12.0 Å². The van der Waals surface area contributed by atoms with E-state index in [1.165, 1.54) is 0 Å². The molecule has 4 rings (SSSR count). The van der Waals surface area contributed by atoms with Gasteiger partial charge >= 0.3 is 0 Å². The number of hydrogen-bond donors (Lipinski definition) is 0. The van der Waals surface area contributed by atoms with Crippen molar-refractivity contribution in [2.75, 3.05) is 13.7 Å². The van der Waals surface area contributed by atoms with Gasteiger partial charge in [0, 0.05) is 19.5 Å². The number of piperidine rings is 1. The molecule has 4 nitrogen and oxygen atoms in total. The van der Waals surface area contributed by atoms with Crippen LogP contribution in [0.25, 0.3) is 0 Å². The largest absolute Gasteiger partial charge is 0.497 e. The number of benzene rings is 1. The molecule has 17 heavy (non-hydrogen) atoms. The minimum Gasteiger partial charge on any atom is -0.497 e. The predicted molar refractivity (Wildman–Crippen MR) is 61.7 cm³/mol. The summed E-state index contributed by atoms with van der Waals surface area (Å²) in [7, 11) is 1.65. The number of fused-ring (bicyclic) bond motifs is 2. The molecule has 2 unspecified atom stereocenters. The van der Waals surface area contributed by atoms with E-state index in [-0.39, 0.29) is 18.1 Å². The average Bonchev–Trinajstić information content (AvgIpc) is 2.31. The van der Waals surface area contributed by atoms with Crippen LogP contribution < -0.4 is 4.74 Å². The maximum atomic E-state index is 11.9. The molecule has 3 saturated heterocycles. The molecule has 0 spiro atoms. The zero-order valence-electron chi connectivity index (χ0n) is 9.76. The van der Waals surface area contributed by atoms with Crippen LogP contribution in [-0.2, 0) is 16.1 Å². The van der Waals surface area contributed by atoms with E-state index in [1.807, 2.05) is 29.2 Å². The predicted octanol–water partition coefficient (Wildman–Crippen LogP) is 1.19. The van der Waals surface area contributed by atoms with Crippen molar-refractivity contribution in [3.63, 3.8) is 0 Å². The van der Waals surface area contributed by atoms with E-state index in [4.69, 9.17) is 9.47 Å². The van der Waals surface area contributed by atoms with Crippen LogP contribution in [-0.4, -0.2) is 36.7 Å². The standard InChI is InChI=1S/C13H15NO3/c1-16-10-4-2-9(3-5-10)7-14-8-11-6-12(17-11)13(14)15/h2-5,11-12H,6-8H2,1H3. The lowest BCUT2D eigenvalue weighted by atomic mass is 9.97. The second kappa shape index (κ2) is 4.04. The van der Waals surface area contributed by atoms with Crippen molar-refractivity contribution in [3.8, 4) is 5.75 Å². The molecule has 3 heterocycles. The number of morpholine rings is 1. The molecule has 0 aromatic heterocycles. The van der Waals surface area contributed by atoms with Gasteiger partial charge in [-0.05, 0) is 17.7 Å². The summed E-state index contributed by atoms with van der Waals surface area (Å²) in [6, 6.07) is 7.82. The molecule has 0 aliphatic carbocycles. The Kier molecular flexibility index (Phi) is 2.52. The molecular weight excluding hydrogens is 218 g/mol. The first-order chi connectivity index (χ1) is 8.26. The van der Waals surface area contributed by atoms with Gasteiger partial charge in [-0.15, -0.1) is 0 Å². The summed E-state index contributed by atoms with van der Waals surface area (Å²) in [5, 5.41) is 0. The summed E-state index contributed by atoms with van der Waals surface area (Å²) in [5.41, 5.74) is 1.13. The Morgan fingerprint density at radius 2 is 2.12 bits per heavy atom. The van der Waals surface area contributed by atoms with Crippen molar-refractivity contribution in [2.24, 2.45) is 0 Å². The Hall–Kier alpha value is -1.55. The number of amides is 1. The normalized spacial score (nSPS) is 26.6. The summed E-state index contributed by atoms with van der Waals surface area (Å²) in [5.74, 6) is 0.966. The number of hydrogen-bond acceptors (Lipinski definition) is 3. The number of rotatable bonds is 3. The SMILES string of the molecule is COc1ccc(CN2CC3CC(O3)C2=O)cc1. The summed E-state index contributed by atoms with van der Waals surface area (Å²) >= 11 is 0. The van der Waals surface area contributed by atoms with E-state index in [9.17, 15) is 4.79 Å². The van der Waals surface area contributed by atoms with Gasteiger partial charge in [0.05, 0.1) is 13.2 Å². The van der Waals surface area contributed by atoms with Gasteiger partial charge in [-0.25, -0.2) is 0 Å². The first-order valence-electron chi connectivity index (χ1n) is 5.83. The molecule has 4 heteroatoms. The molecule has 2 bridgehead atoms. The number of methoxy groups -OCH3 is 1. The van der Waals surface area contributed by atoms with Gasteiger partial charge in [-0.1, -0.05) is 12.1 Å². The Morgan fingerprint density at radius 1 is 1.41 bits per heavy atom. The fourth-order valence-electron chi connectivity index (χ4n) is 2.37. The van der Waals surface area contributed by atoms with E-state index < -0.39 is 0 Å². The molecule has 1 amide bonds. The van der Waals surface area contributed by atoms with Gasteiger partial charge in [-0.3, -0.25) is 4.79 Å². The van der Waals surface area contributed by atoms with Gasteiger partial charge in [-0.2, -0.15) is 0 Å². The van der Waals surface area contributed by atoms with E-state index in [1.54, 1.807) is 7.11 Å². The molecule has 3 aliphatic rings. The van der Waals surface area contributed by atoms with Crippen LogP contribution in [0.2, 0.25) is 0 Å². The van der Waals surface area contributed by atoms with Crippen LogP contribution in [0.5, 0.6) is 5.75 Å². The maximum Gasteiger partial charge on any atom is 0.252 e. The van der Waals surface area contributed by atoms with Crippen molar-refractivity contribution in [2.45, 2.75) is 25.2 Å². The Bertz CT molecular complexity index is 423. The molecule has 0 saturated carbocycles. The van der Waals surface area contributed by atoms with Gasteiger partial charge in [0.1, 0.15) is 11.9 Å². The van der Waals surface area contributed by atoms with Crippen molar-refractivity contribution < 1.29 is 14.3 Å². The minimum atomic E-state index is -0.174. The third kappa shape index (κ3) is 1.89. The van der Waals surface area contributed by atoms with Crippen molar-refractivity contribution in [1.29, 1.82) is 0 Å². The lowest BCUT2D eigenvalue weighted by molar-refractivity contribution is -0.199. The van der Waals surface area contributed by atoms with E-state index >= 15 is 0 Å². The average molecular weight is 233 g/mol. The topological polar surface area (TPSA) is 38.8 Å². The van der Waals surface area contributed by atoms with Gasteiger partial charge < -0.3 is 14.4 Å². The Morgan fingerprint density at radius 3 is 2.71 bits per heavy atom. The van der Waals surface area contributed by atoms with Gasteiger partial charge in [0.25, 0.3) is 5.91 Å². The molecule has 3 aliphatic heterocycles. The number of carbonyl (C=O) groups is 1. The molecular formula is C13H15NO3. The van der Waals surface area contributed by atoms with E-state index in [0.29, 0.717) is 6.54 Å². The summed E-state index contributed by atoms with van der Waals surface area (Å²) in [6.07, 6.45) is 0.987. The molecule has 0 N–H and O–H groups in total. The highest BCUT2D eigenvalue weighted by molar-refractivity contribution is 5.83. The molecule has 1 aromatic rings. The molecule has 2 atom stereocenters. The summed E-state index contributed by atoms with van der Waals surface area (Å²) < 4.78 is 10.5. The molecule has 90 valence electrons. The first kappa shape index (κ1) is 10.6. The monoisotopic (exact) mass is 233 g/mol.